The highest BCUT2D eigenvalue weighted by Crippen LogP contribution is 2.31. The first kappa shape index (κ1) is 19.3. The Bertz CT molecular complexity index is 720. The van der Waals surface area contributed by atoms with Crippen molar-refractivity contribution in [2.75, 3.05) is 19.4 Å². The maximum Gasteiger partial charge on any atom is 0.573 e. The maximum atomic E-state index is 12.1. The molecular formula is C14H15F3N4O2S2. The number of nitrogens with one attached hydrogen (secondary N) is 1. The van der Waals surface area contributed by atoms with E-state index in [2.05, 4.69) is 20.3 Å². The summed E-state index contributed by atoms with van der Waals surface area (Å²) >= 11 is 2.54. The molecule has 1 aromatic carbocycles. The van der Waals surface area contributed by atoms with Gasteiger partial charge in [0, 0.05) is 19.8 Å². The molecule has 0 radical (unpaired) electrons. The molecule has 136 valence electrons. The summed E-state index contributed by atoms with van der Waals surface area (Å²) < 4.78 is 40.8. The van der Waals surface area contributed by atoms with Crippen molar-refractivity contribution < 1.29 is 22.7 Å². The summed E-state index contributed by atoms with van der Waals surface area (Å²) in [5.74, 6) is -0.336. The van der Waals surface area contributed by atoms with Crippen LogP contribution < -0.4 is 10.1 Å². The van der Waals surface area contributed by atoms with Crippen molar-refractivity contribution in [2.45, 2.75) is 22.9 Å². The van der Waals surface area contributed by atoms with Gasteiger partial charge in [0.25, 0.3) is 0 Å². The van der Waals surface area contributed by atoms with Gasteiger partial charge in [-0.1, -0.05) is 23.1 Å². The molecule has 2 rings (SSSR count). The molecule has 11 heteroatoms. The van der Waals surface area contributed by atoms with Crippen LogP contribution in [0.2, 0.25) is 0 Å². The lowest BCUT2D eigenvalue weighted by Gasteiger charge is -2.14. The number of rotatable bonds is 6. The van der Waals surface area contributed by atoms with Crippen LogP contribution in [-0.4, -0.2) is 46.7 Å². The number of halogens is 3. The molecule has 1 amide bonds. The number of carbonyl (C=O) groups is 1. The van der Waals surface area contributed by atoms with E-state index in [9.17, 15) is 18.0 Å². The number of hydrogen-bond acceptors (Lipinski definition) is 7. The number of nitrogens with zero attached hydrogens (tertiary/aromatic N) is 3. The predicted molar refractivity (Wildman–Crippen MR) is 90.3 cm³/mol. The largest absolute Gasteiger partial charge is 0.573 e. The Morgan fingerprint density at radius 3 is 2.48 bits per heavy atom. The minimum Gasteiger partial charge on any atom is -0.406 e. The number of thioether (sulfide) groups is 1. The second-order valence-corrected chi connectivity index (χ2v) is 7.63. The molecule has 0 aliphatic carbocycles. The minimum atomic E-state index is -4.72. The van der Waals surface area contributed by atoms with Crippen LogP contribution in [0.3, 0.4) is 0 Å². The molecule has 0 spiro atoms. The number of hydrogen-bond donors (Lipinski definition) is 1. The normalized spacial score (nSPS) is 12.6. The Hall–Kier alpha value is -2.01. The molecule has 0 saturated heterocycles. The third-order valence-corrected chi connectivity index (χ3v) is 4.82. The Kier molecular flexibility index (Phi) is 6.11. The average molecular weight is 392 g/mol. The quantitative estimate of drug-likeness (QED) is 0.756. The zero-order valence-electron chi connectivity index (χ0n) is 13.5. The smallest absolute Gasteiger partial charge is 0.406 e. The number of amides is 1. The molecule has 0 unspecified atom stereocenters. The topological polar surface area (TPSA) is 67.4 Å². The molecule has 0 fully saturated rings. The first-order valence-electron chi connectivity index (χ1n) is 6.98. The Morgan fingerprint density at radius 2 is 1.92 bits per heavy atom. The lowest BCUT2D eigenvalue weighted by molar-refractivity contribution is -0.274. The Balaban J connectivity index is 1.96. The molecule has 6 nitrogen and oxygen atoms in total. The zero-order valence-corrected chi connectivity index (χ0v) is 15.1. The molecule has 0 aliphatic heterocycles. The highest BCUT2D eigenvalue weighted by molar-refractivity contribution is 8.02. The maximum absolute atomic E-state index is 12.1. The van der Waals surface area contributed by atoms with Crippen molar-refractivity contribution in [2.24, 2.45) is 0 Å². The van der Waals surface area contributed by atoms with Gasteiger partial charge in [-0.15, -0.1) is 23.4 Å². The van der Waals surface area contributed by atoms with E-state index < -0.39 is 6.36 Å². The summed E-state index contributed by atoms with van der Waals surface area (Å²) in [5.41, 5.74) is 0.541. The van der Waals surface area contributed by atoms with Crippen LogP contribution in [-0.2, 0) is 4.79 Å². The van der Waals surface area contributed by atoms with E-state index in [1.807, 2.05) is 0 Å². The molecule has 2 aromatic rings. The fraction of sp³-hybridized carbons (Fsp3) is 0.357. The number of alkyl halides is 3. The monoisotopic (exact) mass is 392 g/mol. The van der Waals surface area contributed by atoms with Gasteiger partial charge in [-0.3, -0.25) is 4.79 Å². The molecule has 1 N–H and O–H groups in total. The van der Waals surface area contributed by atoms with Gasteiger partial charge in [0.05, 0.1) is 5.25 Å². The second-order valence-electron chi connectivity index (χ2n) is 5.06. The van der Waals surface area contributed by atoms with E-state index in [-0.39, 0.29) is 16.9 Å². The van der Waals surface area contributed by atoms with E-state index in [0.717, 1.165) is 0 Å². The summed E-state index contributed by atoms with van der Waals surface area (Å²) in [6.45, 7) is 1.78. The van der Waals surface area contributed by atoms with E-state index in [1.165, 1.54) is 52.3 Å². The summed E-state index contributed by atoms with van der Waals surface area (Å²) in [4.78, 5) is 13.3. The number of ether oxygens (including phenoxy) is 1. The fourth-order valence-corrected chi connectivity index (χ4v) is 3.80. The Labute approximate surface area is 150 Å². The molecule has 1 atom stereocenters. The van der Waals surface area contributed by atoms with Gasteiger partial charge in [0.15, 0.2) is 4.34 Å². The third kappa shape index (κ3) is 6.09. The number of carbonyl (C=O) groups excluding carboxylic acids is 1. The van der Waals surface area contributed by atoms with Crippen LogP contribution in [0.15, 0.2) is 28.6 Å². The number of benzene rings is 1. The summed E-state index contributed by atoms with van der Waals surface area (Å²) in [6.07, 6.45) is -4.72. The minimum absolute atomic E-state index is 0.0324. The first-order valence-corrected chi connectivity index (χ1v) is 8.68. The van der Waals surface area contributed by atoms with Crippen molar-refractivity contribution in [1.82, 2.24) is 15.1 Å². The van der Waals surface area contributed by atoms with E-state index in [1.54, 1.807) is 21.0 Å². The van der Waals surface area contributed by atoms with E-state index >= 15 is 0 Å². The van der Waals surface area contributed by atoms with E-state index in [0.29, 0.717) is 15.2 Å². The van der Waals surface area contributed by atoms with Gasteiger partial charge < -0.3 is 15.0 Å². The molecule has 1 aromatic heterocycles. The third-order valence-electron chi connectivity index (χ3n) is 2.81. The van der Waals surface area contributed by atoms with E-state index in [4.69, 9.17) is 0 Å². The standard InChI is InChI=1S/C14H15F3N4O2S2/c1-8(11(22)21(2)3)24-13-20-19-12(25-13)18-9-4-6-10(7-5-9)23-14(15,16)17/h4-8H,1-3H3,(H,18,19)/t8-/m1/s1. The van der Waals surface area contributed by atoms with Gasteiger partial charge in [-0.05, 0) is 31.2 Å². The second kappa shape index (κ2) is 7.91. The summed E-state index contributed by atoms with van der Waals surface area (Å²) in [7, 11) is 3.36. The number of anilines is 2. The van der Waals surface area contributed by atoms with Gasteiger partial charge in [-0.2, -0.15) is 0 Å². The Morgan fingerprint density at radius 1 is 1.28 bits per heavy atom. The highest BCUT2D eigenvalue weighted by Gasteiger charge is 2.30. The van der Waals surface area contributed by atoms with Crippen molar-refractivity contribution >= 4 is 39.8 Å². The van der Waals surface area contributed by atoms with Crippen LogP contribution in [0, 0.1) is 0 Å². The van der Waals surface area contributed by atoms with Crippen molar-refractivity contribution in [1.29, 1.82) is 0 Å². The van der Waals surface area contributed by atoms with Gasteiger partial charge >= 0.3 is 6.36 Å². The van der Waals surface area contributed by atoms with Crippen LogP contribution in [0.5, 0.6) is 5.75 Å². The zero-order chi connectivity index (χ0) is 18.6. The number of aromatic nitrogens is 2. The van der Waals surface area contributed by atoms with Gasteiger partial charge in [0.2, 0.25) is 11.0 Å². The van der Waals surface area contributed by atoms with Crippen LogP contribution in [0.25, 0.3) is 0 Å². The van der Waals surface area contributed by atoms with Crippen LogP contribution in [0.4, 0.5) is 24.0 Å². The molecule has 1 heterocycles. The highest BCUT2D eigenvalue weighted by atomic mass is 32.2. The van der Waals surface area contributed by atoms with Crippen molar-refractivity contribution in [3.63, 3.8) is 0 Å². The average Bonchev–Trinajstić information content (AvgIpc) is 2.94. The van der Waals surface area contributed by atoms with Gasteiger partial charge in [-0.25, -0.2) is 0 Å². The summed E-state index contributed by atoms with van der Waals surface area (Å²) in [6, 6.07) is 5.27. The van der Waals surface area contributed by atoms with Crippen molar-refractivity contribution in [3.8, 4) is 5.75 Å². The van der Waals surface area contributed by atoms with Crippen LogP contribution >= 0.6 is 23.1 Å². The molecule has 25 heavy (non-hydrogen) atoms. The van der Waals surface area contributed by atoms with Crippen molar-refractivity contribution in [3.05, 3.63) is 24.3 Å². The lowest BCUT2D eigenvalue weighted by Crippen LogP contribution is -2.29. The lowest BCUT2D eigenvalue weighted by atomic mass is 10.3. The first-order chi connectivity index (χ1) is 11.6. The SMILES string of the molecule is C[C@@H](Sc1nnc(Nc2ccc(OC(F)(F)F)cc2)s1)C(=O)N(C)C. The molecule has 0 saturated carbocycles. The van der Waals surface area contributed by atoms with Gasteiger partial charge in [0.1, 0.15) is 5.75 Å². The predicted octanol–water partition coefficient (Wildman–Crippen LogP) is 3.75. The van der Waals surface area contributed by atoms with Crippen LogP contribution in [0.1, 0.15) is 6.92 Å². The fourth-order valence-electron chi connectivity index (χ4n) is 1.74. The molecule has 0 aliphatic rings. The molecule has 0 bridgehead atoms. The molecular weight excluding hydrogens is 377 g/mol. The summed E-state index contributed by atoms with van der Waals surface area (Å²) in [5, 5.41) is 11.0.